The van der Waals surface area contributed by atoms with Gasteiger partial charge in [0.25, 0.3) is 0 Å². The van der Waals surface area contributed by atoms with Crippen LogP contribution in [-0.4, -0.2) is 81.7 Å². The van der Waals surface area contributed by atoms with Crippen molar-refractivity contribution in [2.45, 2.75) is 62.6 Å². The number of aliphatic hydroxyl groups excluding tert-OH is 4. The fraction of sp³-hybridized carbons (Fsp3) is 0.500. The number of carboxylic acid groups (broad SMARTS) is 1. The highest BCUT2D eigenvalue weighted by atomic mass is 35.5. The van der Waals surface area contributed by atoms with E-state index < -0.39 is 62.9 Å². The van der Waals surface area contributed by atoms with E-state index in [1.807, 2.05) is 0 Å². The quantitative estimate of drug-likeness (QED) is 0.314. The number of hydrogen-bond acceptors (Lipinski definition) is 8. The number of ether oxygens (including phenoxy) is 2. The van der Waals surface area contributed by atoms with Crippen LogP contribution in [0.4, 0.5) is 0 Å². The highest BCUT2D eigenvalue weighted by Crippen LogP contribution is 2.34. The summed E-state index contributed by atoms with van der Waals surface area (Å²) < 4.78 is 64.5. The molecule has 2 heterocycles. The standard InChI is InChI=1S/C21H25ClO6.C5H9NO2/c1-2-27-15-6-3-12(4-7-15)9-14-10-13(5-8-16(14)22)21-20(26)19(25)18(24)17(11-23)28-21;7-5(8)4-2-1-3-6-4/h3-8,10,17-21,23-26H,2,9,11H2,1H3;4,6H,1-3H2,(H,7,8)/t17-,18-,19+,20-,21+;4-/m10/s1/i1D3,2D2,9D2;. The summed E-state index contributed by atoms with van der Waals surface area (Å²) in [6.45, 7) is -5.73. The Morgan fingerprint density at radius 3 is 2.53 bits per heavy atom. The highest BCUT2D eigenvalue weighted by Gasteiger charge is 2.44. The maximum atomic E-state index is 10.4. The summed E-state index contributed by atoms with van der Waals surface area (Å²) in [6.07, 6.45) is -7.45. The summed E-state index contributed by atoms with van der Waals surface area (Å²) in [4.78, 5) is 10.1. The fourth-order valence-electron chi connectivity index (χ4n) is 3.91. The molecule has 0 unspecified atom stereocenters. The molecule has 2 fully saturated rings. The largest absolute Gasteiger partial charge is 0.494 e. The Hall–Kier alpha value is -2.24. The second-order valence-electron chi connectivity index (χ2n) is 8.33. The van der Waals surface area contributed by atoms with Crippen LogP contribution in [0.15, 0.2) is 42.5 Å². The van der Waals surface area contributed by atoms with E-state index in [-0.39, 0.29) is 33.5 Å². The third kappa shape index (κ3) is 7.17. The molecule has 0 radical (unpaired) electrons. The molecular formula is C26H34ClNO8. The molecule has 2 aliphatic heterocycles. The van der Waals surface area contributed by atoms with E-state index in [4.69, 9.17) is 35.8 Å². The topological polar surface area (TPSA) is 149 Å². The number of hydrogen-bond donors (Lipinski definition) is 6. The minimum atomic E-state index is -3.03. The zero-order valence-corrected chi connectivity index (χ0v) is 19.9. The second kappa shape index (κ2) is 13.3. The van der Waals surface area contributed by atoms with Crippen molar-refractivity contribution < 1.29 is 49.4 Å². The van der Waals surface area contributed by atoms with E-state index in [0.29, 0.717) is 0 Å². The maximum Gasteiger partial charge on any atom is 0.320 e. The van der Waals surface area contributed by atoms with Gasteiger partial charge in [0, 0.05) is 11.9 Å². The number of nitrogens with one attached hydrogen (secondary N) is 1. The molecule has 0 bridgehead atoms. The Morgan fingerprint density at radius 2 is 1.94 bits per heavy atom. The van der Waals surface area contributed by atoms with Crippen molar-refractivity contribution in [2.75, 3.05) is 19.7 Å². The molecule has 0 aromatic heterocycles. The molecule has 0 spiro atoms. The average Bonchev–Trinajstić information content (AvgIpc) is 3.48. The van der Waals surface area contributed by atoms with E-state index in [1.54, 1.807) is 0 Å². The zero-order chi connectivity index (χ0) is 32.3. The van der Waals surface area contributed by atoms with Crippen LogP contribution in [-0.2, 0) is 15.9 Å². The molecule has 198 valence electrons. The smallest absolute Gasteiger partial charge is 0.320 e. The van der Waals surface area contributed by atoms with Crippen LogP contribution in [0, 0.1) is 0 Å². The number of benzene rings is 2. The van der Waals surface area contributed by atoms with E-state index in [9.17, 15) is 25.2 Å². The molecule has 0 amide bonds. The molecule has 10 heteroatoms. The highest BCUT2D eigenvalue weighted by molar-refractivity contribution is 6.31. The fourth-order valence-corrected chi connectivity index (χ4v) is 4.07. The number of halogens is 1. The summed E-state index contributed by atoms with van der Waals surface area (Å²) in [7, 11) is 0. The summed E-state index contributed by atoms with van der Waals surface area (Å²) in [5.74, 6) is -0.839. The van der Waals surface area contributed by atoms with Crippen LogP contribution in [0.2, 0.25) is 5.02 Å². The monoisotopic (exact) mass is 530 g/mol. The Labute approximate surface area is 225 Å². The van der Waals surface area contributed by atoms with Crippen molar-refractivity contribution >= 4 is 17.6 Å². The molecule has 2 aliphatic rings. The Balaban J connectivity index is 0.000000546. The normalized spacial score (nSPS) is 31.8. The molecule has 2 saturated heterocycles. The molecule has 0 aliphatic carbocycles. The molecular weight excluding hydrogens is 490 g/mol. The van der Waals surface area contributed by atoms with Crippen molar-refractivity contribution in [2.24, 2.45) is 0 Å². The first-order valence-corrected chi connectivity index (χ1v) is 11.6. The average molecular weight is 531 g/mol. The van der Waals surface area contributed by atoms with Gasteiger partial charge >= 0.3 is 5.97 Å². The van der Waals surface area contributed by atoms with E-state index in [0.717, 1.165) is 19.4 Å². The molecule has 4 rings (SSSR count). The Morgan fingerprint density at radius 1 is 1.19 bits per heavy atom. The predicted octanol–water partition coefficient (Wildman–Crippen LogP) is 1.67. The van der Waals surface area contributed by atoms with Gasteiger partial charge in [0.2, 0.25) is 0 Å². The summed E-state index contributed by atoms with van der Waals surface area (Å²) in [5, 5.41) is 51.2. The Kier molecular flexibility index (Phi) is 7.35. The lowest BCUT2D eigenvalue weighted by Crippen LogP contribution is -2.55. The summed E-state index contributed by atoms with van der Waals surface area (Å²) in [5.41, 5.74) is 0.322. The molecule has 2 aromatic carbocycles. The molecule has 9 nitrogen and oxygen atoms in total. The molecule has 2 aromatic rings. The van der Waals surface area contributed by atoms with Gasteiger partial charge in [-0.2, -0.15) is 0 Å². The Bertz CT molecular complexity index is 1240. The molecule has 6 atom stereocenters. The van der Waals surface area contributed by atoms with E-state index in [2.05, 4.69) is 5.32 Å². The van der Waals surface area contributed by atoms with Gasteiger partial charge in [-0.05, 0) is 67.5 Å². The predicted molar refractivity (Wildman–Crippen MR) is 133 cm³/mol. The molecule has 36 heavy (non-hydrogen) atoms. The molecule has 0 saturated carbocycles. The van der Waals surface area contributed by atoms with Crippen LogP contribution in [0.25, 0.3) is 0 Å². The van der Waals surface area contributed by atoms with Gasteiger partial charge in [-0.1, -0.05) is 35.9 Å². The first-order chi connectivity index (χ1) is 19.9. The number of carboxylic acids is 1. The van der Waals surface area contributed by atoms with Crippen molar-refractivity contribution in [3.63, 3.8) is 0 Å². The van der Waals surface area contributed by atoms with Crippen molar-refractivity contribution in [1.82, 2.24) is 5.32 Å². The van der Waals surface area contributed by atoms with Gasteiger partial charge in [-0.25, -0.2) is 0 Å². The number of carbonyl (C=O) groups is 1. The lowest BCUT2D eigenvalue weighted by Gasteiger charge is -2.40. The zero-order valence-electron chi connectivity index (χ0n) is 26.2. The van der Waals surface area contributed by atoms with Gasteiger partial charge in [0.1, 0.15) is 42.3 Å². The van der Waals surface area contributed by atoms with Crippen LogP contribution < -0.4 is 10.1 Å². The van der Waals surface area contributed by atoms with E-state index >= 15 is 0 Å². The minimum absolute atomic E-state index is 0.0138. The minimum Gasteiger partial charge on any atom is -0.494 e. The lowest BCUT2D eigenvalue weighted by atomic mass is 9.90. The summed E-state index contributed by atoms with van der Waals surface area (Å²) >= 11 is 6.27. The van der Waals surface area contributed by atoms with E-state index in [1.165, 1.54) is 42.5 Å². The van der Waals surface area contributed by atoms with Crippen molar-refractivity contribution in [3.8, 4) is 5.75 Å². The van der Waals surface area contributed by atoms with Crippen LogP contribution in [0.3, 0.4) is 0 Å². The second-order valence-corrected chi connectivity index (χ2v) is 8.74. The SMILES string of the molecule is O=C(O)[C@@H]1CCCN1.[2H]C([2H])(c1ccc(OC([2H])([2H])C([2H])([2H])[2H])cc1)c1cc([C@@H]2O[C@H](CO)[C@@H](O)[C@H](O)[C@H]2O)ccc1Cl. The first-order valence-electron chi connectivity index (χ1n) is 14.8. The maximum absolute atomic E-state index is 10.4. The van der Waals surface area contributed by atoms with Gasteiger partial charge in [0.05, 0.1) is 15.9 Å². The van der Waals surface area contributed by atoms with Crippen LogP contribution in [0.5, 0.6) is 5.75 Å². The lowest BCUT2D eigenvalue weighted by molar-refractivity contribution is -0.231. The third-order valence-electron chi connectivity index (χ3n) is 5.87. The number of aliphatic carboxylic acids is 1. The van der Waals surface area contributed by atoms with Crippen molar-refractivity contribution in [1.29, 1.82) is 0 Å². The van der Waals surface area contributed by atoms with Crippen LogP contribution in [0.1, 0.15) is 52.1 Å². The van der Waals surface area contributed by atoms with Gasteiger partial charge in [0.15, 0.2) is 0 Å². The van der Waals surface area contributed by atoms with Gasteiger partial charge < -0.3 is 40.3 Å². The number of aliphatic hydroxyl groups is 4. The summed E-state index contributed by atoms with van der Waals surface area (Å²) in [6, 6.07) is 8.96. The first kappa shape index (κ1) is 19.8. The van der Waals surface area contributed by atoms with Gasteiger partial charge in [-0.3, -0.25) is 4.79 Å². The van der Waals surface area contributed by atoms with Crippen LogP contribution >= 0.6 is 11.6 Å². The van der Waals surface area contributed by atoms with Crippen molar-refractivity contribution in [3.05, 3.63) is 64.2 Å². The van der Waals surface area contributed by atoms with Gasteiger partial charge in [-0.15, -0.1) is 0 Å². The molecule has 6 N–H and O–H groups in total. The number of rotatable bonds is 7. The third-order valence-corrected chi connectivity index (χ3v) is 6.20.